The van der Waals surface area contributed by atoms with E-state index in [4.69, 9.17) is 0 Å². The summed E-state index contributed by atoms with van der Waals surface area (Å²) in [5, 5.41) is 7.92. The van der Waals surface area contributed by atoms with Gasteiger partial charge in [-0.3, -0.25) is 4.68 Å². The highest BCUT2D eigenvalue weighted by Gasteiger charge is 2.12. The van der Waals surface area contributed by atoms with Crippen molar-refractivity contribution in [2.24, 2.45) is 7.05 Å². The molecule has 1 aromatic carbocycles. The largest absolute Gasteiger partial charge is 0.310 e. The van der Waals surface area contributed by atoms with Crippen LogP contribution in [-0.2, 0) is 13.5 Å². The summed E-state index contributed by atoms with van der Waals surface area (Å²) in [5.74, 6) is 0. The quantitative estimate of drug-likeness (QED) is 0.796. The fourth-order valence-electron chi connectivity index (χ4n) is 2.48. The molecule has 1 N–H and O–H groups in total. The number of benzene rings is 1. The summed E-state index contributed by atoms with van der Waals surface area (Å²) in [6.45, 7) is 3.27. The number of nitrogens with zero attached hydrogens (tertiary/aromatic N) is 2. The van der Waals surface area contributed by atoms with Crippen molar-refractivity contribution in [1.82, 2.24) is 15.1 Å². The maximum Gasteiger partial charge on any atom is 0.0537 e. The third kappa shape index (κ3) is 4.49. The van der Waals surface area contributed by atoms with Crippen LogP contribution in [0.4, 0.5) is 0 Å². The lowest BCUT2D eigenvalue weighted by Crippen LogP contribution is -2.22. The van der Waals surface area contributed by atoms with E-state index in [2.05, 4.69) is 53.9 Å². The molecule has 1 aromatic heterocycles. The van der Waals surface area contributed by atoms with Crippen molar-refractivity contribution in [2.45, 2.75) is 38.6 Å². The van der Waals surface area contributed by atoms with Crippen molar-refractivity contribution < 1.29 is 0 Å². The molecule has 1 atom stereocenters. The predicted octanol–water partition coefficient (Wildman–Crippen LogP) is 3.48. The molecule has 2 aromatic rings. The van der Waals surface area contributed by atoms with Crippen LogP contribution in [0.3, 0.4) is 0 Å². The lowest BCUT2D eigenvalue weighted by Gasteiger charge is -2.17. The van der Waals surface area contributed by atoms with E-state index in [-0.39, 0.29) is 0 Å². The van der Waals surface area contributed by atoms with Gasteiger partial charge >= 0.3 is 0 Å². The average molecular weight is 271 g/mol. The minimum atomic E-state index is 0.423. The number of hydrogen-bond acceptors (Lipinski definition) is 2. The Balaban J connectivity index is 1.87. The second kappa shape index (κ2) is 7.85. The zero-order valence-electron chi connectivity index (χ0n) is 12.5. The normalized spacial score (nSPS) is 12.5. The molecule has 0 saturated carbocycles. The van der Waals surface area contributed by atoms with Gasteiger partial charge in [-0.05, 0) is 37.8 Å². The summed E-state index contributed by atoms with van der Waals surface area (Å²) in [4.78, 5) is 0. The Kier molecular flexibility index (Phi) is 5.81. The zero-order valence-corrected chi connectivity index (χ0v) is 12.5. The summed E-state index contributed by atoms with van der Waals surface area (Å²) in [5.41, 5.74) is 2.72. The van der Waals surface area contributed by atoms with Gasteiger partial charge < -0.3 is 5.32 Å². The van der Waals surface area contributed by atoms with Crippen LogP contribution in [-0.4, -0.2) is 16.3 Å². The smallest absolute Gasteiger partial charge is 0.0537 e. The van der Waals surface area contributed by atoms with Gasteiger partial charge in [-0.15, -0.1) is 0 Å². The van der Waals surface area contributed by atoms with Crippen molar-refractivity contribution in [1.29, 1.82) is 0 Å². The van der Waals surface area contributed by atoms with E-state index in [1.165, 1.54) is 17.5 Å². The molecule has 0 radical (unpaired) electrons. The monoisotopic (exact) mass is 271 g/mol. The molecule has 1 heterocycles. The van der Waals surface area contributed by atoms with Gasteiger partial charge in [-0.1, -0.05) is 37.3 Å². The molecule has 0 aliphatic carbocycles. The molecule has 0 aliphatic rings. The zero-order chi connectivity index (χ0) is 14.2. The Morgan fingerprint density at radius 1 is 1.25 bits per heavy atom. The molecule has 1 unspecified atom stereocenters. The van der Waals surface area contributed by atoms with Crippen LogP contribution in [0.1, 0.15) is 43.4 Å². The summed E-state index contributed by atoms with van der Waals surface area (Å²) >= 11 is 0. The third-order valence-electron chi connectivity index (χ3n) is 3.57. The lowest BCUT2D eigenvalue weighted by atomic mass is 10.0. The number of aromatic nitrogens is 2. The SMILES string of the molecule is CCCNC(CCCc1ccccc1)c1cnn(C)c1. The van der Waals surface area contributed by atoms with Gasteiger partial charge in [0, 0.05) is 24.8 Å². The van der Waals surface area contributed by atoms with Crippen molar-refractivity contribution in [3.63, 3.8) is 0 Å². The molecule has 0 aliphatic heterocycles. The van der Waals surface area contributed by atoms with Crippen LogP contribution >= 0.6 is 0 Å². The van der Waals surface area contributed by atoms with Gasteiger partial charge in [0.25, 0.3) is 0 Å². The fraction of sp³-hybridized carbons (Fsp3) is 0.471. The summed E-state index contributed by atoms with van der Waals surface area (Å²) in [6.07, 6.45) is 8.76. The molecule has 0 bridgehead atoms. The maximum atomic E-state index is 4.29. The Hall–Kier alpha value is -1.61. The predicted molar refractivity (Wildman–Crippen MR) is 83.6 cm³/mol. The van der Waals surface area contributed by atoms with Crippen molar-refractivity contribution in [3.8, 4) is 0 Å². The van der Waals surface area contributed by atoms with Gasteiger partial charge in [-0.2, -0.15) is 5.10 Å². The van der Waals surface area contributed by atoms with Crippen LogP contribution in [0.2, 0.25) is 0 Å². The first-order chi connectivity index (χ1) is 9.79. The fourth-order valence-corrected chi connectivity index (χ4v) is 2.48. The van der Waals surface area contributed by atoms with E-state index in [9.17, 15) is 0 Å². The van der Waals surface area contributed by atoms with Gasteiger partial charge in [0.15, 0.2) is 0 Å². The van der Waals surface area contributed by atoms with Crippen LogP contribution in [0.5, 0.6) is 0 Å². The Labute approximate surface area is 122 Å². The van der Waals surface area contributed by atoms with Gasteiger partial charge in [0.05, 0.1) is 6.20 Å². The molecule has 2 rings (SSSR count). The molecule has 108 valence electrons. The molecule has 0 fully saturated rings. The first kappa shape index (κ1) is 14.8. The molecule has 20 heavy (non-hydrogen) atoms. The molecule has 0 amide bonds. The van der Waals surface area contributed by atoms with Gasteiger partial charge in [-0.25, -0.2) is 0 Å². The van der Waals surface area contributed by atoms with Gasteiger partial charge in [0.1, 0.15) is 0 Å². The van der Waals surface area contributed by atoms with Crippen LogP contribution in [0, 0.1) is 0 Å². The minimum absolute atomic E-state index is 0.423. The summed E-state index contributed by atoms with van der Waals surface area (Å²) in [6, 6.07) is 11.1. The van der Waals surface area contributed by atoms with E-state index >= 15 is 0 Å². The number of rotatable bonds is 8. The summed E-state index contributed by atoms with van der Waals surface area (Å²) in [7, 11) is 1.98. The van der Waals surface area contributed by atoms with E-state index in [0.717, 1.165) is 25.8 Å². The van der Waals surface area contributed by atoms with E-state index < -0.39 is 0 Å². The average Bonchev–Trinajstić information content (AvgIpc) is 2.90. The lowest BCUT2D eigenvalue weighted by molar-refractivity contribution is 0.484. The highest BCUT2D eigenvalue weighted by molar-refractivity contribution is 5.15. The van der Waals surface area contributed by atoms with Crippen molar-refractivity contribution in [3.05, 3.63) is 53.9 Å². The third-order valence-corrected chi connectivity index (χ3v) is 3.57. The van der Waals surface area contributed by atoms with Crippen molar-refractivity contribution in [2.75, 3.05) is 6.54 Å². The second-order valence-electron chi connectivity index (χ2n) is 5.33. The molecular weight excluding hydrogens is 246 g/mol. The van der Waals surface area contributed by atoms with E-state index in [1.807, 2.05) is 17.9 Å². The highest BCUT2D eigenvalue weighted by Crippen LogP contribution is 2.19. The standard InChI is InChI=1S/C17H25N3/c1-3-12-18-17(16-13-19-20(2)14-16)11-7-10-15-8-5-4-6-9-15/h4-6,8-9,13-14,17-18H,3,7,10-12H2,1-2H3. The number of hydrogen-bond donors (Lipinski definition) is 1. The van der Waals surface area contributed by atoms with E-state index in [0.29, 0.717) is 6.04 Å². The van der Waals surface area contributed by atoms with Crippen molar-refractivity contribution >= 4 is 0 Å². The number of aryl methyl sites for hydroxylation is 2. The van der Waals surface area contributed by atoms with Gasteiger partial charge in [0.2, 0.25) is 0 Å². The topological polar surface area (TPSA) is 29.9 Å². The van der Waals surface area contributed by atoms with E-state index in [1.54, 1.807) is 0 Å². The molecule has 0 saturated heterocycles. The second-order valence-corrected chi connectivity index (χ2v) is 5.33. The first-order valence-corrected chi connectivity index (χ1v) is 7.55. The van der Waals surface area contributed by atoms with Crippen LogP contribution in [0.15, 0.2) is 42.7 Å². The molecule has 3 heteroatoms. The highest BCUT2D eigenvalue weighted by atomic mass is 15.2. The van der Waals surface area contributed by atoms with Crippen LogP contribution < -0.4 is 5.32 Å². The Morgan fingerprint density at radius 3 is 2.70 bits per heavy atom. The molecule has 3 nitrogen and oxygen atoms in total. The Morgan fingerprint density at radius 2 is 2.05 bits per heavy atom. The molecular formula is C17H25N3. The first-order valence-electron chi connectivity index (χ1n) is 7.55. The van der Waals surface area contributed by atoms with Crippen LogP contribution in [0.25, 0.3) is 0 Å². The summed E-state index contributed by atoms with van der Waals surface area (Å²) < 4.78 is 1.88. The minimum Gasteiger partial charge on any atom is -0.310 e. The number of nitrogens with one attached hydrogen (secondary N) is 1. The Bertz CT molecular complexity index is 490. The molecule has 0 spiro atoms. The maximum absolute atomic E-state index is 4.29.